The number of aromatic nitrogens is 1. The van der Waals surface area contributed by atoms with Gasteiger partial charge >= 0.3 is 5.97 Å². The molecule has 0 amide bonds. The van der Waals surface area contributed by atoms with Gasteiger partial charge in [0.2, 0.25) is 0 Å². The second-order valence-electron chi connectivity index (χ2n) is 3.81. The van der Waals surface area contributed by atoms with Crippen molar-refractivity contribution < 1.29 is 9.90 Å². The lowest BCUT2D eigenvalue weighted by atomic mass is 10.2. The Morgan fingerprint density at radius 3 is 2.72 bits per heavy atom. The van der Waals surface area contributed by atoms with Crippen LogP contribution < -0.4 is 5.32 Å². The molecule has 1 aromatic heterocycles. The van der Waals surface area contributed by atoms with E-state index in [0.717, 1.165) is 15.7 Å². The van der Waals surface area contributed by atoms with E-state index < -0.39 is 5.97 Å². The van der Waals surface area contributed by atoms with Crippen molar-refractivity contribution in [3.8, 4) is 0 Å². The molecule has 0 spiro atoms. The minimum absolute atomic E-state index is 0.109. The number of carboxylic acid groups (broad SMARTS) is 1. The van der Waals surface area contributed by atoms with Crippen LogP contribution in [0.5, 0.6) is 0 Å². The highest BCUT2D eigenvalue weighted by atomic mass is 79.9. The van der Waals surface area contributed by atoms with Crippen LogP contribution in [0.15, 0.2) is 22.7 Å². The Morgan fingerprint density at radius 2 is 2.17 bits per heavy atom. The summed E-state index contributed by atoms with van der Waals surface area (Å²) >= 11 is 4.73. The summed E-state index contributed by atoms with van der Waals surface area (Å²) in [5.74, 6) is -0.996. The van der Waals surface area contributed by atoms with Crippen LogP contribution in [0.4, 0.5) is 10.8 Å². The molecule has 6 heteroatoms. The van der Waals surface area contributed by atoms with Crippen molar-refractivity contribution in [1.82, 2.24) is 4.98 Å². The Balaban J connectivity index is 2.29. The molecule has 0 saturated heterocycles. The van der Waals surface area contributed by atoms with Crippen molar-refractivity contribution >= 4 is 44.1 Å². The number of anilines is 2. The maximum Gasteiger partial charge on any atom is 0.355 e. The van der Waals surface area contributed by atoms with E-state index in [9.17, 15) is 4.79 Å². The lowest BCUT2D eigenvalue weighted by molar-refractivity contribution is 0.0690. The first kappa shape index (κ1) is 13.0. The van der Waals surface area contributed by atoms with Gasteiger partial charge in [-0.1, -0.05) is 15.9 Å². The minimum atomic E-state index is -0.996. The number of nitrogens with zero attached hydrogens (tertiary/aromatic N) is 1. The summed E-state index contributed by atoms with van der Waals surface area (Å²) in [6, 6.07) is 5.84. The molecule has 0 unspecified atom stereocenters. The second-order valence-corrected chi connectivity index (χ2v) is 5.93. The SMILES string of the molecule is Cc1cc(Br)ccc1Nc1nc(C(=O)O)c(C)s1. The molecule has 2 N–H and O–H groups in total. The van der Waals surface area contributed by atoms with Crippen molar-refractivity contribution in [3.63, 3.8) is 0 Å². The number of nitrogens with one attached hydrogen (secondary N) is 1. The monoisotopic (exact) mass is 326 g/mol. The van der Waals surface area contributed by atoms with Crippen LogP contribution in [0.2, 0.25) is 0 Å². The first-order valence-corrected chi connectivity index (χ1v) is 6.82. The van der Waals surface area contributed by atoms with E-state index in [1.54, 1.807) is 6.92 Å². The average molecular weight is 327 g/mol. The number of aryl methyl sites for hydroxylation is 2. The third-order valence-electron chi connectivity index (χ3n) is 2.43. The van der Waals surface area contributed by atoms with Crippen molar-refractivity contribution in [2.75, 3.05) is 5.32 Å². The van der Waals surface area contributed by atoms with Gasteiger partial charge in [0, 0.05) is 15.0 Å². The summed E-state index contributed by atoms with van der Waals surface area (Å²) in [5, 5.41) is 12.7. The predicted octanol–water partition coefficient (Wildman–Crippen LogP) is 3.96. The molecule has 1 aromatic carbocycles. The largest absolute Gasteiger partial charge is 0.476 e. The molecule has 0 bridgehead atoms. The smallest absolute Gasteiger partial charge is 0.355 e. The van der Waals surface area contributed by atoms with Crippen LogP contribution in [0.3, 0.4) is 0 Å². The molecule has 2 rings (SSSR count). The summed E-state index contributed by atoms with van der Waals surface area (Å²) in [4.78, 5) is 15.7. The molecule has 2 aromatic rings. The average Bonchev–Trinajstić information content (AvgIpc) is 2.64. The zero-order valence-electron chi connectivity index (χ0n) is 9.82. The molecule has 0 radical (unpaired) electrons. The molecule has 1 heterocycles. The van der Waals surface area contributed by atoms with Crippen LogP contribution in [-0.2, 0) is 0 Å². The van der Waals surface area contributed by atoms with Gasteiger partial charge in [0.1, 0.15) is 0 Å². The molecule has 0 aliphatic rings. The lowest BCUT2D eigenvalue weighted by Gasteiger charge is -2.06. The molecule has 4 nitrogen and oxygen atoms in total. The fourth-order valence-corrected chi connectivity index (χ4v) is 2.82. The van der Waals surface area contributed by atoms with Crippen molar-refractivity contribution in [3.05, 3.63) is 38.8 Å². The fourth-order valence-electron chi connectivity index (χ4n) is 1.53. The number of halogens is 1. The van der Waals surface area contributed by atoms with E-state index in [0.29, 0.717) is 10.0 Å². The highest BCUT2D eigenvalue weighted by Crippen LogP contribution is 2.28. The lowest BCUT2D eigenvalue weighted by Crippen LogP contribution is -1.99. The minimum Gasteiger partial charge on any atom is -0.476 e. The van der Waals surface area contributed by atoms with Gasteiger partial charge in [0.25, 0.3) is 0 Å². The Bertz CT molecular complexity index is 610. The Hall–Kier alpha value is -1.40. The van der Waals surface area contributed by atoms with E-state index in [1.165, 1.54) is 11.3 Å². The highest BCUT2D eigenvalue weighted by molar-refractivity contribution is 9.10. The van der Waals surface area contributed by atoms with Crippen LogP contribution >= 0.6 is 27.3 Å². The third-order valence-corrected chi connectivity index (χ3v) is 3.81. The normalized spacial score (nSPS) is 10.4. The number of benzene rings is 1. The van der Waals surface area contributed by atoms with Crippen LogP contribution in [0, 0.1) is 13.8 Å². The van der Waals surface area contributed by atoms with Gasteiger partial charge in [0.15, 0.2) is 10.8 Å². The summed E-state index contributed by atoms with van der Waals surface area (Å²) in [5.41, 5.74) is 2.09. The molecule has 0 aliphatic heterocycles. The maximum absolute atomic E-state index is 10.9. The van der Waals surface area contributed by atoms with Gasteiger partial charge in [-0.25, -0.2) is 9.78 Å². The van der Waals surface area contributed by atoms with Gasteiger partial charge in [-0.2, -0.15) is 0 Å². The van der Waals surface area contributed by atoms with E-state index in [-0.39, 0.29) is 5.69 Å². The quantitative estimate of drug-likeness (QED) is 0.896. The van der Waals surface area contributed by atoms with E-state index in [4.69, 9.17) is 5.11 Å². The van der Waals surface area contributed by atoms with Gasteiger partial charge in [-0.05, 0) is 37.6 Å². The number of hydrogen-bond donors (Lipinski definition) is 2. The number of carbonyl (C=O) groups is 1. The van der Waals surface area contributed by atoms with Crippen LogP contribution in [-0.4, -0.2) is 16.1 Å². The third kappa shape index (κ3) is 2.70. The molecule has 18 heavy (non-hydrogen) atoms. The molecule has 94 valence electrons. The zero-order valence-corrected chi connectivity index (χ0v) is 12.2. The van der Waals surface area contributed by atoms with Crippen molar-refractivity contribution in [2.24, 2.45) is 0 Å². The highest BCUT2D eigenvalue weighted by Gasteiger charge is 2.14. The fraction of sp³-hybridized carbons (Fsp3) is 0.167. The summed E-state index contributed by atoms with van der Waals surface area (Å²) in [7, 11) is 0. The zero-order chi connectivity index (χ0) is 13.3. The Kier molecular flexibility index (Phi) is 3.68. The second kappa shape index (κ2) is 5.07. The van der Waals surface area contributed by atoms with Crippen LogP contribution in [0.25, 0.3) is 0 Å². The maximum atomic E-state index is 10.9. The number of carboxylic acids is 1. The molecular formula is C12H11BrN2O2S. The molecule has 0 fully saturated rings. The molecular weight excluding hydrogens is 316 g/mol. The van der Waals surface area contributed by atoms with Gasteiger partial charge in [-0.3, -0.25) is 0 Å². The van der Waals surface area contributed by atoms with Crippen LogP contribution in [0.1, 0.15) is 20.9 Å². The first-order chi connectivity index (χ1) is 8.47. The molecule has 0 saturated carbocycles. The number of rotatable bonds is 3. The number of aromatic carboxylic acids is 1. The number of thiazole rings is 1. The summed E-state index contributed by atoms with van der Waals surface area (Å²) in [6.45, 7) is 3.73. The molecule has 0 atom stereocenters. The van der Waals surface area contributed by atoms with Crippen molar-refractivity contribution in [2.45, 2.75) is 13.8 Å². The Labute approximate surface area is 117 Å². The van der Waals surface area contributed by atoms with E-state index >= 15 is 0 Å². The van der Waals surface area contributed by atoms with E-state index in [2.05, 4.69) is 26.2 Å². The predicted molar refractivity (Wildman–Crippen MR) is 76.0 cm³/mol. The summed E-state index contributed by atoms with van der Waals surface area (Å²) < 4.78 is 1.01. The first-order valence-electron chi connectivity index (χ1n) is 5.21. The van der Waals surface area contributed by atoms with E-state index in [1.807, 2.05) is 25.1 Å². The van der Waals surface area contributed by atoms with Crippen molar-refractivity contribution in [1.29, 1.82) is 0 Å². The number of hydrogen-bond acceptors (Lipinski definition) is 4. The van der Waals surface area contributed by atoms with Gasteiger partial charge in [0.05, 0.1) is 0 Å². The molecule has 0 aliphatic carbocycles. The van der Waals surface area contributed by atoms with Gasteiger partial charge in [-0.15, -0.1) is 11.3 Å². The Morgan fingerprint density at radius 1 is 1.44 bits per heavy atom. The standard InChI is InChI=1S/C12H11BrN2O2S/c1-6-5-8(13)3-4-9(6)14-12-15-10(11(16)17)7(2)18-12/h3-5H,1-2H3,(H,14,15)(H,16,17). The van der Waals surface area contributed by atoms with Gasteiger partial charge < -0.3 is 10.4 Å². The summed E-state index contributed by atoms with van der Waals surface area (Å²) in [6.07, 6.45) is 0. The topological polar surface area (TPSA) is 62.2 Å².